The topological polar surface area (TPSA) is 82.1 Å². The van der Waals surface area contributed by atoms with Gasteiger partial charge in [-0.3, -0.25) is 14.5 Å². The molecule has 0 aromatic heterocycles. The quantitative estimate of drug-likeness (QED) is 0.392. The van der Waals surface area contributed by atoms with Gasteiger partial charge in [-0.1, -0.05) is 13.8 Å². The molecule has 1 heterocycles. The number of amides is 2. The molecule has 1 fully saturated rings. The zero-order valence-corrected chi connectivity index (χ0v) is 24.5. The standard InChI is InChI=1S/C24H39N3O4.C7H6F2/c1-5-9-26(10-6-2)24(30)20-13-18(3)12-19(14-20)23(29)25-15-22(28)16-27-11-7-8-21(27)17-31-4;1-5-2-6(8)4-7(9)3-5/h12-14,21-22,28H,5-11,15-17H2,1-4H3,(H,25,29);2-4H,1H3. The average Bonchev–Trinajstić information content (AvgIpc) is 3.32. The van der Waals surface area contributed by atoms with E-state index in [1.165, 1.54) is 12.1 Å². The average molecular weight is 562 g/mol. The number of carbonyl (C=O) groups excluding carboxylic acids is 2. The Morgan fingerprint density at radius 1 is 1.02 bits per heavy atom. The van der Waals surface area contributed by atoms with Gasteiger partial charge < -0.3 is 20.1 Å². The van der Waals surface area contributed by atoms with Crippen molar-refractivity contribution < 1.29 is 28.2 Å². The summed E-state index contributed by atoms with van der Waals surface area (Å²) in [5.41, 5.74) is 2.45. The Morgan fingerprint density at radius 3 is 2.20 bits per heavy atom. The van der Waals surface area contributed by atoms with Gasteiger partial charge in [0.2, 0.25) is 0 Å². The van der Waals surface area contributed by atoms with E-state index < -0.39 is 17.7 Å². The second-order valence-corrected chi connectivity index (χ2v) is 10.4. The van der Waals surface area contributed by atoms with Crippen LogP contribution in [0.5, 0.6) is 0 Å². The molecule has 0 bridgehead atoms. The molecule has 2 amide bonds. The highest BCUT2D eigenvalue weighted by Crippen LogP contribution is 2.18. The number of nitrogens with one attached hydrogen (secondary N) is 1. The SMILES string of the molecule is CCCN(CCC)C(=O)c1cc(C)cc(C(=O)NCC(O)CN2CCCC2COC)c1.Cc1cc(F)cc(F)c1. The second-order valence-electron chi connectivity index (χ2n) is 10.4. The summed E-state index contributed by atoms with van der Waals surface area (Å²) in [5.74, 6) is -1.36. The van der Waals surface area contributed by atoms with Crippen molar-refractivity contribution in [1.29, 1.82) is 0 Å². The molecule has 7 nitrogen and oxygen atoms in total. The maximum Gasteiger partial charge on any atom is 0.253 e. The summed E-state index contributed by atoms with van der Waals surface area (Å²) < 4.78 is 29.6. The molecular formula is C31H45F2N3O4. The molecule has 0 saturated carbocycles. The van der Waals surface area contributed by atoms with Crippen molar-refractivity contribution >= 4 is 11.8 Å². The summed E-state index contributed by atoms with van der Waals surface area (Å²) in [6.45, 7) is 11.3. The third-order valence-electron chi connectivity index (χ3n) is 6.67. The highest BCUT2D eigenvalue weighted by Gasteiger charge is 2.26. The number of methoxy groups -OCH3 is 1. The van der Waals surface area contributed by atoms with E-state index in [9.17, 15) is 23.5 Å². The number of aliphatic hydroxyl groups is 1. The molecule has 1 saturated heterocycles. The van der Waals surface area contributed by atoms with Crippen molar-refractivity contribution in [1.82, 2.24) is 15.1 Å². The third-order valence-corrected chi connectivity index (χ3v) is 6.67. The van der Waals surface area contributed by atoms with Crippen molar-refractivity contribution in [2.45, 2.75) is 65.5 Å². The van der Waals surface area contributed by atoms with Crippen LogP contribution in [0.1, 0.15) is 71.4 Å². The van der Waals surface area contributed by atoms with Gasteiger partial charge in [-0.2, -0.15) is 0 Å². The molecule has 1 aliphatic heterocycles. The number of rotatable bonds is 12. The van der Waals surface area contributed by atoms with Crippen LogP contribution in [0.3, 0.4) is 0 Å². The summed E-state index contributed by atoms with van der Waals surface area (Å²) in [5, 5.41) is 13.2. The molecule has 3 rings (SSSR count). The van der Waals surface area contributed by atoms with Gasteiger partial charge in [0.15, 0.2) is 0 Å². The predicted octanol–water partition coefficient (Wildman–Crippen LogP) is 4.73. The molecule has 222 valence electrons. The van der Waals surface area contributed by atoms with E-state index in [0.29, 0.717) is 49.0 Å². The Bertz CT molecular complexity index is 1040. The number of benzene rings is 2. The first-order valence-corrected chi connectivity index (χ1v) is 14.1. The number of halogens is 2. The number of nitrogens with zero attached hydrogens (tertiary/aromatic N) is 2. The fraction of sp³-hybridized carbons (Fsp3) is 0.548. The minimum absolute atomic E-state index is 0.0419. The number of aliphatic hydroxyl groups excluding tert-OH is 1. The zero-order chi connectivity index (χ0) is 29.7. The van der Waals surface area contributed by atoms with E-state index in [4.69, 9.17) is 4.74 Å². The minimum Gasteiger partial charge on any atom is -0.390 e. The normalized spacial score (nSPS) is 15.8. The maximum atomic E-state index is 12.9. The van der Waals surface area contributed by atoms with Crippen molar-refractivity contribution in [2.24, 2.45) is 0 Å². The number of hydrogen-bond acceptors (Lipinski definition) is 5. The van der Waals surface area contributed by atoms with Crippen LogP contribution in [0, 0.1) is 25.5 Å². The lowest BCUT2D eigenvalue weighted by molar-refractivity contribution is 0.0669. The van der Waals surface area contributed by atoms with Crippen LogP contribution in [0.25, 0.3) is 0 Å². The highest BCUT2D eigenvalue weighted by atomic mass is 19.1. The predicted molar refractivity (Wildman–Crippen MR) is 154 cm³/mol. The Hall–Kier alpha value is -2.88. The lowest BCUT2D eigenvalue weighted by Crippen LogP contribution is -2.43. The smallest absolute Gasteiger partial charge is 0.253 e. The number of hydrogen-bond donors (Lipinski definition) is 2. The van der Waals surface area contributed by atoms with Gasteiger partial charge in [-0.15, -0.1) is 0 Å². The van der Waals surface area contributed by atoms with E-state index in [1.54, 1.807) is 26.2 Å². The van der Waals surface area contributed by atoms with Crippen molar-refractivity contribution in [3.63, 3.8) is 0 Å². The van der Waals surface area contributed by atoms with Crippen LogP contribution < -0.4 is 5.32 Å². The van der Waals surface area contributed by atoms with E-state index in [2.05, 4.69) is 24.1 Å². The van der Waals surface area contributed by atoms with Gasteiger partial charge in [-0.05, 0) is 87.5 Å². The summed E-state index contributed by atoms with van der Waals surface area (Å²) >= 11 is 0. The Balaban J connectivity index is 0.000000526. The van der Waals surface area contributed by atoms with E-state index in [1.807, 2.05) is 17.9 Å². The fourth-order valence-electron chi connectivity index (χ4n) is 4.93. The minimum atomic E-state index is -0.656. The Morgan fingerprint density at radius 2 is 1.62 bits per heavy atom. The molecule has 40 heavy (non-hydrogen) atoms. The lowest BCUT2D eigenvalue weighted by Gasteiger charge is -2.26. The Kier molecular flexibility index (Phi) is 14.2. The first-order chi connectivity index (χ1) is 19.1. The number of likely N-dealkylation sites (tertiary alicyclic amines) is 1. The highest BCUT2D eigenvalue weighted by molar-refractivity contribution is 6.00. The van der Waals surface area contributed by atoms with Crippen molar-refractivity contribution in [2.75, 3.05) is 46.4 Å². The number of β-amino-alcohol motifs (C(OH)–C–C–N with tert-alkyl or cyclic N) is 1. The largest absolute Gasteiger partial charge is 0.390 e. The molecule has 0 radical (unpaired) electrons. The monoisotopic (exact) mass is 561 g/mol. The first kappa shape index (κ1) is 33.3. The third kappa shape index (κ3) is 10.9. The van der Waals surface area contributed by atoms with Gasteiger partial charge in [0, 0.05) is 56.5 Å². The number of ether oxygens (including phenoxy) is 1. The van der Waals surface area contributed by atoms with Crippen molar-refractivity contribution in [3.8, 4) is 0 Å². The molecule has 0 aliphatic carbocycles. The first-order valence-electron chi connectivity index (χ1n) is 14.1. The van der Waals surface area contributed by atoms with Crippen LogP contribution in [0.2, 0.25) is 0 Å². The van der Waals surface area contributed by atoms with Gasteiger partial charge in [0.25, 0.3) is 11.8 Å². The van der Waals surface area contributed by atoms with Crippen LogP contribution >= 0.6 is 0 Å². The van der Waals surface area contributed by atoms with E-state index >= 15 is 0 Å². The summed E-state index contributed by atoms with van der Waals surface area (Å²) in [6.07, 6.45) is 3.30. The van der Waals surface area contributed by atoms with Crippen LogP contribution in [0.15, 0.2) is 36.4 Å². The van der Waals surface area contributed by atoms with E-state index in [-0.39, 0.29) is 18.4 Å². The van der Waals surface area contributed by atoms with Gasteiger partial charge in [0.1, 0.15) is 11.6 Å². The molecule has 2 atom stereocenters. The number of aryl methyl sites for hydroxylation is 2. The molecule has 1 aliphatic rings. The van der Waals surface area contributed by atoms with Crippen LogP contribution in [-0.4, -0.2) is 85.3 Å². The van der Waals surface area contributed by atoms with Gasteiger partial charge in [-0.25, -0.2) is 8.78 Å². The zero-order valence-electron chi connectivity index (χ0n) is 24.5. The van der Waals surface area contributed by atoms with Gasteiger partial charge in [0.05, 0.1) is 12.7 Å². The number of carbonyl (C=O) groups is 2. The lowest BCUT2D eigenvalue weighted by atomic mass is 10.0. The summed E-state index contributed by atoms with van der Waals surface area (Å²) in [7, 11) is 1.69. The molecular weight excluding hydrogens is 516 g/mol. The molecule has 2 unspecified atom stereocenters. The Labute approximate surface area is 237 Å². The van der Waals surface area contributed by atoms with Crippen molar-refractivity contribution in [3.05, 3.63) is 70.3 Å². The van der Waals surface area contributed by atoms with Crippen LogP contribution in [0.4, 0.5) is 8.78 Å². The molecule has 9 heteroatoms. The fourth-order valence-corrected chi connectivity index (χ4v) is 4.93. The van der Waals surface area contributed by atoms with E-state index in [0.717, 1.165) is 43.9 Å². The van der Waals surface area contributed by atoms with Gasteiger partial charge >= 0.3 is 0 Å². The van der Waals surface area contributed by atoms with Crippen LogP contribution in [-0.2, 0) is 4.74 Å². The second kappa shape index (κ2) is 17.0. The summed E-state index contributed by atoms with van der Waals surface area (Å²) in [4.78, 5) is 29.7. The summed E-state index contributed by atoms with van der Waals surface area (Å²) in [6, 6.07) is 9.01. The molecule has 2 aromatic rings. The maximum absolute atomic E-state index is 12.9. The molecule has 0 spiro atoms. The molecule has 2 N–H and O–H groups in total. The molecule has 2 aromatic carbocycles.